The predicted octanol–water partition coefficient (Wildman–Crippen LogP) is 7.31. The van der Waals surface area contributed by atoms with E-state index >= 15 is 0 Å². The molecule has 1 aliphatic carbocycles. The molecule has 0 bridgehead atoms. The van der Waals surface area contributed by atoms with Crippen molar-refractivity contribution in [3.63, 3.8) is 0 Å². The maximum atomic E-state index is 11.1. The van der Waals surface area contributed by atoms with Gasteiger partial charge >= 0.3 is 6.08 Å². The highest BCUT2D eigenvalue weighted by Crippen LogP contribution is 2.47. The third-order valence-electron chi connectivity index (χ3n) is 5.85. The first-order valence-electron chi connectivity index (χ1n) is 11.4. The molecule has 2 rings (SSSR count). The summed E-state index contributed by atoms with van der Waals surface area (Å²) in [6.07, 6.45) is 9.75. The summed E-state index contributed by atoms with van der Waals surface area (Å²) in [6.45, 7) is 11.2. The molecule has 1 N–H and O–H groups in total. The Kier molecular flexibility index (Phi) is 10.7. The molecule has 0 spiro atoms. The van der Waals surface area contributed by atoms with Crippen LogP contribution in [0.25, 0.3) is 0 Å². The summed E-state index contributed by atoms with van der Waals surface area (Å²) in [4.78, 5) is 4.19. The van der Waals surface area contributed by atoms with E-state index in [1.54, 1.807) is 7.05 Å². The number of halogens is 1. The summed E-state index contributed by atoms with van der Waals surface area (Å²) < 4.78 is 11.9. The average molecular weight is 492 g/mol. The summed E-state index contributed by atoms with van der Waals surface area (Å²) in [7, 11) is 1.66. The first-order chi connectivity index (χ1) is 14.9. The van der Waals surface area contributed by atoms with Crippen LogP contribution < -0.4 is 4.74 Å². The lowest BCUT2D eigenvalue weighted by Gasteiger charge is -2.32. The number of aliphatic imine (C=N–C) groups is 1. The third-order valence-corrected chi connectivity index (χ3v) is 6.41. The number of hydrogen-bond acceptors (Lipinski definition) is 4. The molecule has 172 valence electrons. The largest absolute Gasteiger partial charge is 0.507 e. The molecule has 0 saturated heterocycles. The number of hydrogen-bond donors (Lipinski definition) is 1. The van der Waals surface area contributed by atoms with E-state index in [1.807, 2.05) is 6.07 Å². The number of aromatic hydroxyl groups is 1. The predicted molar refractivity (Wildman–Crippen MR) is 134 cm³/mol. The SMILES string of the molecule is C=C(C)[C@@H]1CCC(C)=C[C@H]1c1c(O)cc(CCCCC)cc1OC(=NC)OCCCBr. The molecule has 0 aliphatic heterocycles. The second-order valence-electron chi connectivity index (χ2n) is 8.50. The van der Waals surface area contributed by atoms with Crippen molar-refractivity contribution in [3.05, 3.63) is 47.1 Å². The minimum Gasteiger partial charge on any atom is -0.507 e. The highest BCUT2D eigenvalue weighted by molar-refractivity contribution is 9.09. The normalized spacial score (nSPS) is 19.1. The Balaban J connectivity index is 2.47. The number of alkyl halides is 1. The molecule has 1 aromatic rings. The van der Waals surface area contributed by atoms with Gasteiger partial charge in [0.05, 0.1) is 6.61 Å². The van der Waals surface area contributed by atoms with Crippen molar-refractivity contribution < 1.29 is 14.6 Å². The van der Waals surface area contributed by atoms with E-state index in [4.69, 9.17) is 9.47 Å². The van der Waals surface area contributed by atoms with Gasteiger partial charge in [0.15, 0.2) is 0 Å². The Hall–Kier alpha value is -1.75. The fourth-order valence-electron chi connectivity index (χ4n) is 4.16. The summed E-state index contributed by atoms with van der Waals surface area (Å²) >= 11 is 3.42. The number of allylic oxidation sites excluding steroid dienone is 3. The van der Waals surface area contributed by atoms with Crippen molar-refractivity contribution in [3.8, 4) is 11.5 Å². The molecule has 0 aromatic heterocycles. The second-order valence-corrected chi connectivity index (χ2v) is 9.29. The van der Waals surface area contributed by atoms with E-state index in [0.717, 1.165) is 67.0 Å². The van der Waals surface area contributed by atoms with Crippen LogP contribution in [0.2, 0.25) is 0 Å². The highest BCUT2D eigenvalue weighted by atomic mass is 79.9. The van der Waals surface area contributed by atoms with Crippen molar-refractivity contribution in [1.29, 1.82) is 0 Å². The number of benzene rings is 1. The Bertz CT molecular complexity index is 800. The van der Waals surface area contributed by atoms with Gasteiger partial charge in [-0.05, 0) is 69.6 Å². The quantitative estimate of drug-likeness (QED) is 0.123. The molecule has 0 saturated carbocycles. The zero-order valence-corrected chi connectivity index (χ0v) is 21.1. The van der Waals surface area contributed by atoms with Crippen LogP contribution >= 0.6 is 15.9 Å². The standard InChI is InChI=1S/C26H38BrNO3/c1-6-7-8-10-20-16-23(29)25(22-15-19(4)11-12-21(22)18(2)3)24(17-20)31-26(28-5)30-14-9-13-27/h15-17,21-22,29H,2,6-14H2,1,3-5H3/t21-,22+/m0/s1. The number of ether oxygens (including phenoxy) is 2. The number of nitrogens with zero attached hydrogens (tertiary/aromatic N) is 1. The number of unbranched alkanes of at least 4 members (excludes halogenated alkanes) is 2. The Labute approximate surface area is 196 Å². The van der Waals surface area contributed by atoms with Crippen LogP contribution in [0.1, 0.15) is 76.3 Å². The number of phenols is 1. The summed E-state index contributed by atoms with van der Waals surface area (Å²) in [5.74, 6) is 1.20. The lowest BCUT2D eigenvalue weighted by molar-refractivity contribution is 0.234. The van der Waals surface area contributed by atoms with Gasteiger partial charge < -0.3 is 14.6 Å². The first kappa shape index (κ1) is 25.5. The third kappa shape index (κ3) is 7.41. The summed E-state index contributed by atoms with van der Waals surface area (Å²) in [6, 6.07) is 3.95. The average Bonchev–Trinajstić information content (AvgIpc) is 2.73. The molecule has 2 atom stereocenters. The molecule has 0 amide bonds. The molecule has 0 heterocycles. The van der Waals surface area contributed by atoms with Crippen molar-refractivity contribution in [2.24, 2.45) is 10.9 Å². The van der Waals surface area contributed by atoms with Gasteiger partial charge in [-0.3, -0.25) is 0 Å². The zero-order chi connectivity index (χ0) is 22.8. The maximum Gasteiger partial charge on any atom is 0.388 e. The zero-order valence-electron chi connectivity index (χ0n) is 19.5. The highest BCUT2D eigenvalue weighted by Gasteiger charge is 2.31. The summed E-state index contributed by atoms with van der Waals surface area (Å²) in [5, 5.41) is 12.0. The fraction of sp³-hybridized carbons (Fsp3) is 0.577. The minimum atomic E-state index is 0.0200. The summed E-state index contributed by atoms with van der Waals surface area (Å²) in [5.41, 5.74) is 4.34. The van der Waals surface area contributed by atoms with Crippen LogP contribution in [0.4, 0.5) is 0 Å². The van der Waals surface area contributed by atoms with Crippen LogP contribution in [-0.2, 0) is 11.2 Å². The monoisotopic (exact) mass is 491 g/mol. The van der Waals surface area contributed by atoms with E-state index in [2.05, 4.69) is 60.4 Å². The van der Waals surface area contributed by atoms with Crippen LogP contribution in [0.15, 0.2) is 40.9 Å². The van der Waals surface area contributed by atoms with Gasteiger partial charge in [-0.2, -0.15) is 0 Å². The lowest BCUT2D eigenvalue weighted by Crippen LogP contribution is -2.20. The minimum absolute atomic E-state index is 0.0200. The van der Waals surface area contributed by atoms with Crippen LogP contribution in [0, 0.1) is 5.92 Å². The van der Waals surface area contributed by atoms with Gasteiger partial charge in [0.2, 0.25) is 0 Å². The molecule has 31 heavy (non-hydrogen) atoms. The van der Waals surface area contributed by atoms with Gasteiger partial charge in [0, 0.05) is 23.9 Å². The van der Waals surface area contributed by atoms with Crippen LogP contribution in [-0.4, -0.2) is 30.2 Å². The first-order valence-corrected chi connectivity index (χ1v) is 12.5. The fourth-order valence-corrected chi connectivity index (χ4v) is 4.39. The van der Waals surface area contributed by atoms with Gasteiger partial charge in [-0.25, -0.2) is 4.99 Å². The van der Waals surface area contributed by atoms with Crippen molar-refractivity contribution in [2.45, 2.75) is 71.6 Å². The van der Waals surface area contributed by atoms with E-state index in [1.165, 1.54) is 5.57 Å². The molecule has 0 unspecified atom stereocenters. The molecule has 1 aromatic carbocycles. The maximum absolute atomic E-state index is 11.1. The lowest BCUT2D eigenvalue weighted by atomic mass is 9.73. The van der Waals surface area contributed by atoms with Gasteiger partial charge in [-0.15, -0.1) is 0 Å². The topological polar surface area (TPSA) is 51.0 Å². The molecule has 1 aliphatic rings. The van der Waals surface area contributed by atoms with Crippen molar-refractivity contribution >= 4 is 22.0 Å². The van der Waals surface area contributed by atoms with Gasteiger partial charge in [-0.1, -0.05) is 59.5 Å². The molecule has 0 radical (unpaired) electrons. The van der Waals surface area contributed by atoms with Crippen LogP contribution in [0.5, 0.6) is 11.5 Å². The number of rotatable bonds is 10. The molecule has 0 fully saturated rings. The Morgan fingerprint density at radius 2 is 2.06 bits per heavy atom. The molecular formula is C26H38BrNO3. The second kappa shape index (κ2) is 12.9. The van der Waals surface area contributed by atoms with Gasteiger partial charge in [0.1, 0.15) is 11.5 Å². The Morgan fingerprint density at radius 1 is 1.29 bits per heavy atom. The molecule has 4 nitrogen and oxygen atoms in total. The smallest absolute Gasteiger partial charge is 0.388 e. The van der Waals surface area contributed by atoms with Crippen LogP contribution in [0.3, 0.4) is 0 Å². The molecule has 5 heteroatoms. The Morgan fingerprint density at radius 3 is 2.71 bits per heavy atom. The van der Waals surface area contributed by atoms with Crippen molar-refractivity contribution in [2.75, 3.05) is 19.0 Å². The van der Waals surface area contributed by atoms with E-state index in [9.17, 15) is 5.11 Å². The molecular weight excluding hydrogens is 454 g/mol. The number of phenolic OH excluding ortho intramolecular Hbond substituents is 1. The van der Waals surface area contributed by atoms with E-state index in [-0.39, 0.29) is 23.7 Å². The van der Waals surface area contributed by atoms with E-state index in [0.29, 0.717) is 12.4 Å². The number of aryl methyl sites for hydroxylation is 1. The van der Waals surface area contributed by atoms with Crippen molar-refractivity contribution in [1.82, 2.24) is 0 Å². The van der Waals surface area contributed by atoms with Gasteiger partial charge in [0.25, 0.3) is 0 Å². The van der Waals surface area contributed by atoms with E-state index < -0.39 is 0 Å².